The average Bonchev–Trinajstić information content (AvgIpc) is 3.11. The Hall–Kier alpha value is -2.62. The maximum atomic E-state index is 12.2. The number of nitrogens with one attached hydrogen (secondary N) is 3. The fourth-order valence-corrected chi connectivity index (χ4v) is 4.12. The third-order valence-electron chi connectivity index (χ3n) is 3.71. The summed E-state index contributed by atoms with van der Waals surface area (Å²) >= 11 is 8.79. The monoisotopic (exact) mass is 447 g/mol. The molecule has 3 rings (SSSR count). The van der Waals surface area contributed by atoms with Crippen LogP contribution in [0.15, 0.2) is 46.8 Å². The van der Waals surface area contributed by atoms with Crippen molar-refractivity contribution in [2.24, 2.45) is 0 Å². The van der Waals surface area contributed by atoms with Crippen molar-refractivity contribution in [2.45, 2.75) is 18.2 Å². The van der Waals surface area contributed by atoms with Crippen LogP contribution in [0.5, 0.6) is 0 Å². The van der Waals surface area contributed by atoms with Crippen molar-refractivity contribution in [3.05, 3.63) is 53.1 Å². The van der Waals surface area contributed by atoms with Crippen molar-refractivity contribution in [3.8, 4) is 0 Å². The first kappa shape index (κ1) is 21.1. The van der Waals surface area contributed by atoms with Crippen LogP contribution in [0.1, 0.15) is 12.5 Å². The number of amides is 2. The molecule has 0 aliphatic heterocycles. The van der Waals surface area contributed by atoms with Gasteiger partial charge in [-0.2, -0.15) is 0 Å². The first-order chi connectivity index (χ1) is 13.9. The van der Waals surface area contributed by atoms with Crippen LogP contribution >= 0.6 is 34.7 Å². The normalized spacial score (nSPS) is 10.4. The Morgan fingerprint density at radius 1 is 1.10 bits per heavy atom. The molecule has 7 nitrogen and oxygen atoms in total. The average molecular weight is 448 g/mol. The maximum Gasteiger partial charge on any atom is 0.234 e. The molecule has 0 saturated carbocycles. The fraction of sp³-hybridized carbons (Fsp3) is 0.158. The van der Waals surface area contributed by atoms with E-state index >= 15 is 0 Å². The smallest absolute Gasteiger partial charge is 0.234 e. The molecule has 2 amide bonds. The van der Waals surface area contributed by atoms with Gasteiger partial charge in [0.2, 0.25) is 16.9 Å². The Bertz CT molecular complexity index is 1040. The summed E-state index contributed by atoms with van der Waals surface area (Å²) in [5.74, 6) is -0.155. The van der Waals surface area contributed by atoms with E-state index in [1.165, 1.54) is 30.0 Å². The molecule has 0 bridgehead atoms. The molecule has 150 valence electrons. The minimum absolute atomic E-state index is 0.169. The Morgan fingerprint density at radius 2 is 1.83 bits per heavy atom. The number of aromatic nitrogens is 2. The third-order valence-corrected chi connectivity index (χ3v) is 6.09. The molecule has 0 saturated heterocycles. The highest BCUT2D eigenvalue weighted by Crippen LogP contribution is 2.30. The van der Waals surface area contributed by atoms with Gasteiger partial charge in [-0.1, -0.05) is 46.8 Å². The topological polar surface area (TPSA) is 96.0 Å². The Morgan fingerprint density at radius 3 is 2.59 bits per heavy atom. The van der Waals surface area contributed by atoms with Crippen molar-refractivity contribution in [3.63, 3.8) is 0 Å². The molecule has 0 aliphatic rings. The van der Waals surface area contributed by atoms with E-state index in [1.54, 1.807) is 24.3 Å². The number of carbonyl (C=O) groups is 2. The lowest BCUT2D eigenvalue weighted by atomic mass is 10.2. The van der Waals surface area contributed by atoms with Gasteiger partial charge in [0, 0.05) is 29.0 Å². The summed E-state index contributed by atoms with van der Waals surface area (Å²) in [4.78, 5) is 23.3. The van der Waals surface area contributed by atoms with Crippen LogP contribution in [0.2, 0.25) is 5.02 Å². The number of benzene rings is 2. The minimum atomic E-state index is -0.176. The Balaban J connectivity index is 1.53. The SMILES string of the molecule is CC(=O)Nc1cccc(NC(=O)CSc2nnc(Nc3cccc(Cl)c3C)s2)c1. The number of rotatable bonds is 7. The molecule has 0 atom stereocenters. The van der Waals surface area contributed by atoms with Crippen molar-refractivity contribution in [1.29, 1.82) is 0 Å². The lowest BCUT2D eigenvalue weighted by molar-refractivity contribution is -0.114. The van der Waals surface area contributed by atoms with Crippen molar-refractivity contribution >= 4 is 68.7 Å². The van der Waals surface area contributed by atoms with Gasteiger partial charge < -0.3 is 16.0 Å². The third kappa shape index (κ3) is 6.18. The molecule has 0 fully saturated rings. The second kappa shape index (κ2) is 9.73. The van der Waals surface area contributed by atoms with Gasteiger partial charge in [0.15, 0.2) is 4.34 Å². The van der Waals surface area contributed by atoms with E-state index in [2.05, 4.69) is 26.1 Å². The molecule has 0 unspecified atom stereocenters. The molecule has 0 radical (unpaired) electrons. The van der Waals surface area contributed by atoms with E-state index in [9.17, 15) is 9.59 Å². The molecule has 1 heterocycles. The minimum Gasteiger partial charge on any atom is -0.330 e. The molecule has 2 aromatic carbocycles. The molecular weight excluding hydrogens is 430 g/mol. The largest absolute Gasteiger partial charge is 0.330 e. The molecule has 3 aromatic rings. The van der Waals surface area contributed by atoms with Crippen LogP contribution in [0, 0.1) is 6.92 Å². The van der Waals surface area contributed by atoms with E-state index in [0.717, 1.165) is 11.3 Å². The number of anilines is 4. The van der Waals surface area contributed by atoms with E-state index in [-0.39, 0.29) is 17.6 Å². The van der Waals surface area contributed by atoms with E-state index in [1.807, 2.05) is 25.1 Å². The zero-order valence-electron chi connectivity index (χ0n) is 15.7. The molecule has 3 N–H and O–H groups in total. The van der Waals surface area contributed by atoms with Gasteiger partial charge in [-0.05, 0) is 42.8 Å². The number of halogens is 1. The lowest BCUT2D eigenvalue weighted by Gasteiger charge is -2.07. The second-order valence-corrected chi connectivity index (χ2v) is 8.62. The number of carbonyl (C=O) groups excluding carboxylic acids is 2. The van der Waals surface area contributed by atoms with Crippen molar-refractivity contribution in [2.75, 3.05) is 21.7 Å². The van der Waals surface area contributed by atoms with Crippen LogP contribution in [-0.4, -0.2) is 27.8 Å². The number of hydrogen-bond donors (Lipinski definition) is 3. The number of hydrogen-bond acceptors (Lipinski definition) is 7. The Labute approximate surface area is 181 Å². The summed E-state index contributed by atoms with van der Waals surface area (Å²) in [5, 5.41) is 18.2. The van der Waals surface area contributed by atoms with Crippen LogP contribution in [-0.2, 0) is 9.59 Å². The van der Waals surface area contributed by atoms with Crippen LogP contribution < -0.4 is 16.0 Å². The Kier molecular flexibility index (Phi) is 7.08. The van der Waals surface area contributed by atoms with Gasteiger partial charge in [-0.25, -0.2) is 0 Å². The van der Waals surface area contributed by atoms with E-state index in [0.29, 0.717) is 25.9 Å². The molecule has 29 heavy (non-hydrogen) atoms. The number of nitrogens with zero attached hydrogens (tertiary/aromatic N) is 2. The van der Waals surface area contributed by atoms with E-state index < -0.39 is 0 Å². The molecule has 0 spiro atoms. The summed E-state index contributed by atoms with van der Waals surface area (Å²) in [7, 11) is 0. The van der Waals surface area contributed by atoms with Gasteiger partial charge in [-0.15, -0.1) is 10.2 Å². The quantitative estimate of drug-likeness (QED) is 0.444. The highest BCUT2D eigenvalue weighted by atomic mass is 35.5. The first-order valence-corrected chi connectivity index (χ1v) is 10.7. The van der Waals surface area contributed by atoms with Gasteiger partial charge in [-0.3, -0.25) is 9.59 Å². The van der Waals surface area contributed by atoms with Crippen molar-refractivity contribution in [1.82, 2.24) is 10.2 Å². The molecule has 0 aliphatic carbocycles. The van der Waals surface area contributed by atoms with Crippen molar-refractivity contribution < 1.29 is 9.59 Å². The second-order valence-electron chi connectivity index (χ2n) is 6.01. The summed E-state index contributed by atoms with van der Waals surface area (Å²) in [6.07, 6.45) is 0. The summed E-state index contributed by atoms with van der Waals surface area (Å²) in [6.45, 7) is 3.35. The molecule has 1 aromatic heterocycles. The highest BCUT2D eigenvalue weighted by molar-refractivity contribution is 8.01. The predicted octanol–water partition coefficient (Wildman–Crippen LogP) is 4.93. The number of thioether (sulfide) groups is 1. The van der Waals surface area contributed by atoms with Gasteiger partial charge >= 0.3 is 0 Å². The van der Waals surface area contributed by atoms with Crippen LogP contribution in [0.25, 0.3) is 0 Å². The van der Waals surface area contributed by atoms with Gasteiger partial charge in [0.05, 0.1) is 5.75 Å². The molecular formula is C19H18ClN5O2S2. The van der Waals surface area contributed by atoms with Gasteiger partial charge in [0.1, 0.15) is 0 Å². The van der Waals surface area contributed by atoms with E-state index in [4.69, 9.17) is 11.6 Å². The lowest BCUT2D eigenvalue weighted by Crippen LogP contribution is -2.14. The summed E-state index contributed by atoms with van der Waals surface area (Å²) in [5.41, 5.74) is 3.03. The standard InChI is InChI=1S/C19H18ClN5O2S2/c1-11-15(20)7-4-8-16(11)23-18-24-25-19(29-18)28-10-17(27)22-14-6-3-5-13(9-14)21-12(2)26/h3-9H,10H2,1-2H3,(H,21,26)(H,22,27)(H,23,24). The van der Waals surface area contributed by atoms with Gasteiger partial charge in [0.25, 0.3) is 0 Å². The molecule has 10 heteroatoms. The maximum absolute atomic E-state index is 12.2. The highest BCUT2D eigenvalue weighted by Gasteiger charge is 2.10. The first-order valence-electron chi connectivity index (χ1n) is 8.56. The van der Waals surface area contributed by atoms with Crippen LogP contribution in [0.3, 0.4) is 0 Å². The predicted molar refractivity (Wildman–Crippen MR) is 119 cm³/mol. The van der Waals surface area contributed by atoms with Crippen LogP contribution in [0.4, 0.5) is 22.2 Å². The summed E-state index contributed by atoms with van der Waals surface area (Å²) < 4.78 is 0.675. The summed E-state index contributed by atoms with van der Waals surface area (Å²) in [6, 6.07) is 12.6. The fourth-order valence-electron chi connectivity index (χ4n) is 2.38. The zero-order valence-corrected chi connectivity index (χ0v) is 18.0. The zero-order chi connectivity index (χ0) is 20.8.